The Morgan fingerprint density at radius 1 is 1.24 bits per heavy atom. The van der Waals surface area contributed by atoms with E-state index in [-0.39, 0.29) is 11.3 Å². The Balaban J connectivity index is 1.67. The smallest absolute Gasteiger partial charge is 0.263 e. The highest BCUT2D eigenvalue weighted by Gasteiger charge is 2.22. The second kappa shape index (κ2) is 8.07. The first-order chi connectivity index (χ1) is 14.1. The number of fused-ring (bicyclic) bond motifs is 1. The number of Topliss-reactive ketones (excluding diaryl/α,β-unsaturated/α-hetero) is 1. The number of hydrogen-bond acceptors (Lipinski definition) is 3. The van der Waals surface area contributed by atoms with Crippen molar-refractivity contribution >= 4 is 22.6 Å². The van der Waals surface area contributed by atoms with Gasteiger partial charge in [0.25, 0.3) is 11.5 Å². The molecule has 6 nitrogen and oxygen atoms in total. The normalized spacial score (nSPS) is 13.6. The second-order valence-corrected chi connectivity index (χ2v) is 7.77. The van der Waals surface area contributed by atoms with E-state index in [2.05, 4.69) is 10.3 Å². The summed E-state index contributed by atoms with van der Waals surface area (Å²) in [5.74, 6) is 0.278. The van der Waals surface area contributed by atoms with Gasteiger partial charge in [0.15, 0.2) is 5.78 Å². The molecule has 1 amide bonds. The van der Waals surface area contributed by atoms with Gasteiger partial charge >= 0.3 is 0 Å². The number of hydrogen-bond donors (Lipinski definition) is 2. The molecule has 0 atom stereocenters. The number of pyridine rings is 1. The first-order valence-electron chi connectivity index (χ1n) is 10.1. The minimum Gasteiger partial charge on any atom is -0.361 e. The van der Waals surface area contributed by atoms with Crippen LogP contribution in [0, 0.1) is 5.92 Å². The number of nitrogens with zero attached hydrogens (tertiary/aromatic N) is 1. The molecule has 150 valence electrons. The van der Waals surface area contributed by atoms with Crippen LogP contribution in [-0.4, -0.2) is 28.3 Å². The Labute approximate surface area is 168 Å². The van der Waals surface area contributed by atoms with Crippen molar-refractivity contribution in [3.8, 4) is 0 Å². The standard InChI is InChI=1S/C23H25N3O3/c1-24-22(28)19-12-17(21(27)7-2-4-15-8-9-15)14-26(23(19)29)13-16-5-3-6-20-18(16)10-11-25-20/h3,5-6,10-12,14-15,25H,2,4,7-9,13H2,1H3,(H,24,28). The fourth-order valence-electron chi connectivity index (χ4n) is 3.78. The zero-order valence-electron chi connectivity index (χ0n) is 16.5. The minimum absolute atomic E-state index is 0.00165. The van der Waals surface area contributed by atoms with E-state index in [1.165, 1.54) is 30.5 Å². The molecule has 0 spiro atoms. The molecule has 0 saturated heterocycles. The summed E-state index contributed by atoms with van der Waals surface area (Å²) in [6.07, 6.45) is 8.35. The predicted octanol–water partition coefficient (Wildman–Crippen LogP) is 3.50. The molecule has 1 fully saturated rings. The van der Waals surface area contributed by atoms with Gasteiger partial charge in [0.2, 0.25) is 0 Å². The third-order valence-corrected chi connectivity index (χ3v) is 5.62. The number of H-pyrrole nitrogens is 1. The van der Waals surface area contributed by atoms with Gasteiger partial charge in [-0.05, 0) is 36.1 Å². The van der Waals surface area contributed by atoms with Gasteiger partial charge in [-0.15, -0.1) is 0 Å². The van der Waals surface area contributed by atoms with Crippen molar-refractivity contribution in [1.29, 1.82) is 0 Å². The number of carbonyl (C=O) groups excluding carboxylic acids is 2. The monoisotopic (exact) mass is 391 g/mol. The molecule has 1 aliphatic carbocycles. The molecule has 1 aromatic carbocycles. The number of aromatic amines is 1. The Hall–Kier alpha value is -3.15. The van der Waals surface area contributed by atoms with Crippen LogP contribution in [0.3, 0.4) is 0 Å². The van der Waals surface area contributed by atoms with Crippen LogP contribution in [0.2, 0.25) is 0 Å². The van der Waals surface area contributed by atoms with Crippen LogP contribution in [0.25, 0.3) is 10.9 Å². The quantitative estimate of drug-likeness (QED) is 0.577. The van der Waals surface area contributed by atoms with E-state index in [4.69, 9.17) is 0 Å². The molecular weight excluding hydrogens is 366 g/mol. The number of aromatic nitrogens is 2. The third kappa shape index (κ3) is 4.16. The van der Waals surface area contributed by atoms with Gasteiger partial charge in [-0.1, -0.05) is 31.4 Å². The summed E-state index contributed by atoms with van der Waals surface area (Å²) in [5, 5.41) is 3.52. The molecule has 0 unspecified atom stereocenters. The van der Waals surface area contributed by atoms with Crippen molar-refractivity contribution in [2.45, 2.75) is 38.6 Å². The lowest BCUT2D eigenvalue weighted by molar-refractivity contribution is 0.0961. The largest absolute Gasteiger partial charge is 0.361 e. The molecular formula is C23H25N3O3. The molecule has 1 saturated carbocycles. The minimum atomic E-state index is -0.476. The maximum atomic E-state index is 12.9. The maximum Gasteiger partial charge on any atom is 0.263 e. The Morgan fingerprint density at radius 2 is 2.07 bits per heavy atom. The van der Waals surface area contributed by atoms with Crippen LogP contribution >= 0.6 is 0 Å². The van der Waals surface area contributed by atoms with Gasteiger partial charge in [0.05, 0.1) is 6.54 Å². The average Bonchev–Trinajstić information content (AvgIpc) is 3.42. The Morgan fingerprint density at radius 3 is 2.83 bits per heavy atom. The molecule has 0 radical (unpaired) electrons. The van der Waals surface area contributed by atoms with E-state index in [0.717, 1.165) is 35.2 Å². The van der Waals surface area contributed by atoms with Gasteiger partial charge in [0, 0.05) is 42.3 Å². The van der Waals surface area contributed by atoms with Gasteiger partial charge in [-0.2, -0.15) is 0 Å². The number of benzene rings is 1. The summed E-state index contributed by atoms with van der Waals surface area (Å²) in [6.45, 7) is 0.293. The Kier molecular flexibility index (Phi) is 5.34. The fourth-order valence-corrected chi connectivity index (χ4v) is 3.78. The van der Waals surface area contributed by atoms with E-state index >= 15 is 0 Å². The maximum absolute atomic E-state index is 12.9. The zero-order chi connectivity index (χ0) is 20.4. The Bertz CT molecular complexity index is 1120. The lowest BCUT2D eigenvalue weighted by Crippen LogP contribution is -2.32. The summed E-state index contributed by atoms with van der Waals surface area (Å²) in [5.41, 5.74) is 1.95. The lowest BCUT2D eigenvalue weighted by atomic mass is 10.0. The molecule has 3 aromatic rings. The van der Waals surface area contributed by atoms with Crippen LogP contribution in [0.5, 0.6) is 0 Å². The van der Waals surface area contributed by atoms with E-state index in [1.54, 1.807) is 6.20 Å². The molecule has 2 heterocycles. The summed E-state index contributed by atoms with van der Waals surface area (Å²) in [4.78, 5) is 41.1. The van der Waals surface area contributed by atoms with E-state index < -0.39 is 11.5 Å². The van der Waals surface area contributed by atoms with E-state index in [0.29, 0.717) is 18.5 Å². The molecule has 2 N–H and O–H groups in total. The second-order valence-electron chi connectivity index (χ2n) is 7.77. The topological polar surface area (TPSA) is 84.0 Å². The first-order valence-corrected chi connectivity index (χ1v) is 10.1. The number of ketones is 1. The summed E-state index contributed by atoms with van der Waals surface area (Å²) in [6, 6.07) is 9.24. The number of nitrogens with one attached hydrogen (secondary N) is 2. The number of carbonyl (C=O) groups is 2. The molecule has 2 aromatic heterocycles. The van der Waals surface area contributed by atoms with Crippen LogP contribution < -0.4 is 10.9 Å². The summed E-state index contributed by atoms with van der Waals surface area (Å²) < 4.78 is 1.47. The van der Waals surface area contributed by atoms with Crippen LogP contribution in [0.4, 0.5) is 0 Å². The molecule has 4 rings (SSSR count). The van der Waals surface area contributed by atoms with Gasteiger partial charge in [0.1, 0.15) is 5.56 Å². The predicted molar refractivity (Wildman–Crippen MR) is 112 cm³/mol. The van der Waals surface area contributed by atoms with Gasteiger partial charge in [-0.3, -0.25) is 14.4 Å². The van der Waals surface area contributed by atoms with Gasteiger partial charge < -0.3 is 14.9 Å². The molecule has 0 aliphatic heterocycles. The van der Waals surface area contributed by atoms with Crippen molar-refractivity contribution in [3.63, 3.8) is 0 Å². The van der Waals surface area contributed by atoms with Crippen molar-refractivity contribution in [3.05, 3.63) is 69.8 Å². The number of amides is 1. The van der Waals surface area contributed by atoms with E-state index in [1.807, 2.05) is 30.5 Å². The van der Waals surface area contributed by atoms with Crippen molar-refractivity contribution in [2.24, 2.45) is 5.92 Å². The molecule has 0 bridgehead atoms. The highest BCUT2D eigenvalue weighted by Crippen LogP contribution is 2.34. The van der Waals surface area contributed by atoms with Gasteiger partial charge in [-0.25, -0.2) is 0 Å². The summed E-state index contributed by atoms with van der Waals surface area (Å²) >= 11 is 0. The zero-order valence-corrected chi connectivity index (χ0v) is 16.5. The molecule has 29 heavy (non-hydrogen) atoms. The average molecular weight is 391 g/mol. The van der Waals surface area contributed by atoms with E-state index in [9.17, 15) is 14.4 Å². The van der Waals surface area contributed by atoms with Crippen molar-refractivity contribution < 1.29 is 9.59 Å². The highest BCUT2D eigenvalue weighted by atomic mass is 16.2. The van der Waals surface area contributed by atoms with Crippen molar-refractivity contribution in [1.82, 2.24) is 14.9 Å². The lowest BCUT2D eigenvalue weighted by Gasteiger charge is -2.12. The molecule has 6 heteroatoms. The van der Waals surface area contributed by atoms with Crippen LogP contribution in [0.15, 0.2) is 47.5 Å². The van der Waals surface area contributed by atoms with Crippen molar-refractivity contribution in [2.75, 3.05) is 7.05 Å². The number of rotatable bonds is 8. The molecule has 1 aliphatic rings. The SMILES string of the molecule is CNC(=O)c1cc(C(=O)CCCC2CC2)cn(Cc2cccc3[nH]ccc23)c1=O. The fraction of sp³-hybridized carbons (Fsp3) is 0.348. The van der Waals surface area contributed by atoms with Crippen LogP contribution in [-0.2, 0) is 6.54 Å². The summed E-state index contributed by atoms with van der Waals surface area (Å²) in [7, 11) is 1.48. The van der Waals surface area contributed by atoms with Crippen LogP contribution in [0.1, 0.15) is 58.4 Å². The third-order valence-electron chi connectivity index (χ3n) is 5.62. The highest BCUT2D eigenvalue weighted by molar-refractivity contribution is 6.00. The first kappa shape index (κ1) is 19.2.